The zero-order valence-electron chi connectivity index (χ0n) is 32.4. The highest BCUT2D eigenvalue weighted by molar-refractivity contribution is 7.25. The quantitative estimate of drug-likeness (QED) is 0.130. The summed E-state index contributed by atoms with van der Waals surface area (Å²) in [6.45, 7) is 13.9. The number of aromatic nitrogens is 5. The monoisotopic (exact) mass is 708 g/mol. The Kier molecular flexibility index (Phi) is 8.81. The molecule has 1 aliphatic rings. The lowest BCUT2D eigenvalue weighted by molar-refractivity contribution is -0.783. The van der Waals surface area contributed by atoms with Gasteiger partial charge in [0.25, 0.3) is 11.5 Å². The lowest BCUT2D eigenvalue weighted by Crippen LogP contribution is -2.72. The molecule has 0 spiro atoms. The number of unbranched alkanes of at least 4 members (excludes halogenated alkanes) is 1. The first-order valence-corrected chi connectivity index (χ1v) is 20.3. The van der Waals surface area contributed by atoms with E-state index in [0.717, 1.165) is 44.3 Å². The number of para-hydroxylation sites is 1. The number of rotatable bonds is 10. The maximum atomic E-state index is 5.22. The lowest BCUT2D eigenvalue weighted by atomic mass is 9.69. The zero-order valence-corrected chi connectivity index (χ0v) is 33.2. The minimum Gasteiger partial charge on any atom is -0.225 e. The van der Waals surface area contributed by atoms with E-state index in [9.17, 15) is 0 Å². The van der Waals surface area contributed by atoms with Crippen LogP contribution in [0.2, 0.25) is 0 Å². The molecule has 6 heteroatoms. The normalized spacial score (nSPS) is 18.4. The van der Waals surface area contributed by atoms with E-state index in [1.54, 1.807) is 0 Å². The van der Waals surface area contributed by atoms with E-state index < -0.39 is 0 Å². The molecule has 1 aliphatic heterocycles. The molecular formula is C46H54N5S+3. The van der Waals surface area contributed by atoms with Gasteiger partial charge in [-0.3, -0.25) is 0 Å². The average molecular weight is 709 g/mol. The van der Waals surface area contributed by atoms with Crippen LogP contribution in [0.4, 0.5) is 0 Å². The summed E-state index contributed by atoms with van der Waals surface area (Å²) in [5, 5.41) is 9.33. The van der Waals surface area contributed by atoms with Crippen molar-refractivity contribution in [2.24, 2.45) is 14.1 Å². The van der Waals surface area contributed by atoms with E-state index in [1.807, 2.05) is 11.3 Å². The standard InChI is InChI=1S/C46H54N5S/c1-9-12-18-33-23-24-36-38-29-34(37(30-43(38)52-42(36)28-33)41-27-31(4)35-20-13-14-21-39(35)49(41)8)19-17-25-46(11-3)45(6,10-2)51-44(48(7)32(5)47-51)40-22-15-16-26-50(40)46/h13-16,20-24,26-30H,9-12,17-19,25H2,1-8H3/q+3. The third-order valence-electron chi connectivity index (χ3n) is 12.8. The summed E-state index contributed by atoms with van der Waals surface area (Å²) >= 11 is 1.96. The maximum absolute atomic E-state index is 5.22. The van der Waals surface area contributed by atoms with Crippen LogP contribution in [0.1, 0.15) is 88.7 Å². The summed E-state index contributed by atoms with van der Waals surface area (Å²) < 4.78 is 12.5. The van der Waals surface area contributed by atoms with Gasteiger partial charge in [-0.2, -0.15) is 9.13 Å². The number of thiophene rings is 1. The highest BCUT2D eigenvalue weighted by atomic mass is 32.1. The summed E-state index contributed by atoms with van der Waals surface area (Å²) in [6.07, 6.45) is 11.1. The molecule has 2 unspecified atom stereocenters. The topological polar surface area (TPSA) is 29.5 Å². The van der Waals surface area contributed by atoms with Gasteiger partial charge in [-0.15, -0.1) is 11.3 Å². The van der Waals surface area contributed by atoms with Gasteiger partial charge in [0.1, 0.15) is 7.05 Å². The van der Waals surface area contributed by atoms with Crippen LogP contribution in [-0.2, 0) is 38.0 Å². The van der Waals surface area contributed by atoms with E-state index in [1.165, 1.54) is 83.4 Å². The molecule has 8 rings (SSSR count). The summed E-state index contributed by atoms with van der Waals surface area (Å²) in [5.41, 5.74) is 9.08. The number of nitrogens with zero attached hydrogens (tertiary/aromatic N) is 5. The number of fused-ring (bicyclic) bond motifs is 7. The predicted octanol–water partition coefficient (Wildman–Crippen LogP) is 9.90. The molecule has 2 atom stereocenters. The lowest BCUT2D eigenvalue weighted by Gasteiger charge is -2.43. The zero-order chi connectivity index (χ0) is 36.4. The minimum atomic E-state index is -0.185. The smallest absolute Gasteiger partial charge is 0.225 e. The molecule has 0 N–H and O–H groups in total. The Morgan fingerprint density at radius 2 is 1.54 bits per heavy atom. The van der Waals surface area contributed by atoms with E-state index in [2.05, 4.69) is 159 Å². The first-order chi connectivity index (χ1) is 25.2. The van der Waals surface area contributed by atoms with Gasteiger partial charge in [0.05, 0.1) is 12.6 Å². The summed E-state index contributed by atoms with van der Waals surface area (Å²) in [5.74, 6) is 2.24. The Balaban J connectivity index is 1.26. The molecule has 4 aromatic heterocycles. The van der Waals surface area contributed by atoms with Crippen LogP contribution in [0, 0.1) is 13.8 Å². The first-order valence-electron chi connectivity index (χ1n) is 19.5. The van der Waals surface area contributed by atoms with E-state index in [-0.39, 0.29) is 11.1 Å². The van der Waals surface area contributed by atoms with Crippen molar-refractivity contribution in [1.82, 2.24) is 9.78 Å². The van der Waals surface area contributed by atoms with Crippen molar-refractivity contribution in [2.75, 3.05) is 0 Å². The number of aryl methyl sites for hydroxylation is 5. The molecular weight excluding hydrogens is 655 g/mol. The minimum absolute atomic E-state index is 0.130. The Bertz CT molecular complexity index is 2490. The molecule has 5 nitrogen and oxygen atoms in total. The van der Waals surface area contributed by atoms with Crippen molar-refractivity contribution in [3.05, 3.63) is 108 Å². The van der Waals surface area contributed by atoms with E-state index in [0.29, 0.717) is 0 Å². The predicted molar refractivity (Wildman–Crippen MR) is 216 cm³/mol. The Morgan fingerprint density at radius 1 is 0.750 bits per heavy atom. The maximum Gasteiger partial charge on any atom is 0.333 e. The summed E-state index contributed by atoms with van der Waals surface area (Å²) in [4.78, 5) is 0. The molecule has 0 fully saturated rings. The van der Waals surface area contributed by atoms with Gasteiger partial charge in [-0.1, -0.05) is 56.1 Å². The van der Waals surface area contributed by atoms with Crippen molar-refractivity contribution >= 4 is 42.4 Å². The molecule has 0 aliphatic carbocycles. The molecule has 0 bridgehead atoms. The van der Waals surface area contributed by atoms with Crippen LogP contribution >= 0.6 is 11.3 Å². The van der Waals surface area contributed by atoms with Crippen LogP contribution in [0.15, 0.2) is 85.1 Å². The Hall–Kier alpha value is -4.42. The van der Waals surface area contributed by atoms with Gasteiger partial charge in [0, 0.05) is 74.7 Å². The van der Waals surface area contributed by atoms with Gasteiger partial charge in [-0.05, 0) is 93.0 Å². The number of pyridine rings is 2. The molecule has 0 amide bonds. The van der Waals surface area contributed by atoms with Crippen molar-refractivity contribution in [1.29, 1.82) is 0 Å². The van der Waals surface area contributed by atoms with Gasteiger partial charge >= 0.3 is 5.82 Å². The van der Waals surface area contributed by atoms with Gasteiger partial charge in [-0.25, -0.2) is 4.57 Å². The van der Waals surface area contributed by atoms with Crippen LogP contribution in [0.3, 0.4) is 0 Å². The molecule has 0 saturated heterocycles. The van der Waals surface area contributed by atoms with Crippen LogP contribution in [-0.4, -0.2) is 9.78 Å². The highest BCUT2D eigenvalue weighted by Gasteiger charge is 2.64. The second-order valence-electron chi connectivity index (χ2n) is 15.5. The second-order valence-corrected chi connectivity index (χ2v) is 16.6. The van der Waals surface area contributed by atoms with Crippen molar-refractivity contribution < 1.29 is 13.7 Å². The van der Waals surface area contributed by atoms with Gasteiger partial charge < -0.3 is 0 Å². The average Bonchev–Trinajstić information content (AvgIpc) is 3.68. The van der Waals surface area contributed by atoms with Crippen LogP contribution in [0.25, 0.3) is 53.9 Å². The van der Waals surface area contributed by atoms with E-state index in [4.69, 9.17) is 5.10 Å². The second kappa shape index (κ2) is 13.2. The SMILES string of the molecule is CCCCc1ccc2c(c1)sc1cc(-c3cc(C)c4ccccc4[n+]3C)c(CCCC3(CC)[n+]4ccccc4-c4n(nc(C)[n+]4C)C3(C)CC)cc12. The molecule has 0 saturated carbocycles. The third-order valence-corrected chi connectivity index (χ3v) is 14.0. The van der Waals surface area contributed by atoms with Gasteiger partial charge in [0.15, 0.2) is 11.7 Å². The molecule has 266 valence electrons. The fourth-order valence-corrected chi connectivity index (χ4v) is 10.8. The van der Waals surface area contributed by atoms with Crippen molar-refractivity contribution in [3.63, 3.8) is 0 Å². The number of benzene rings is 3. The number of hydrogen-bond acceptors (Lipinski definition) is 2. The molecule has 3 aromatic carbocycles. The molecule has 5 heterocycles. The third kappa shape index (κ3) is 5.15. The van der Waals surface area contributed by atoms with E-state index >= 15 is 0 Å². The Labute approximate surface area is 313 Å². The largest absolute Gasteiger partial charge is 0.333 e. The molecule has 0 radical (unpaired) electrons. The van der Waals surface area contributed by atoms with Crippen LogP contribution < -0.4 is 13.7 Å². The first kappa shape index (κ1) is 34.7. The fraction of sp³-hybridized carbons (Fsp3) is 0.391. The van der Waals surface area contributed by atoms with Crippen molar-refractivity contribution in [3.8, 4) is 22.8 Å². The summed E-state index contributed by atoms with van der Waals surface area (Å²) in [7, 11) is 4.40. The molecule has 7 aromatic rings. The highest BCUT2D eigenvalue weighted by Crippen LogP contribution is 2.47. The molecule has 52 heavy (non-hydrogen) atoms. The summed E-state index contributed by atoms with van der Waals surface area (Å²) in [6, 6.07) is 30.2. The Morgan fingerprint density at radius 3 is 2.33 bits per heavy atom. The van der Waals surface area contributed by atoms with Gasteiger partial charge in [0.2, 0.25) is 16.7 Å². The van der Waals surface area contributed by atoms with Crippen molar-refractivity contribution in [2.45, 2.75) is 104 Å². The van der Waals surface area contributed by atoms with Crippen LogP contribution in [0.5, 0.6) is 0 Å². The number of hydrogen-bond donors (Lipinski definition) is 0. The fourth-order valence-electron chi connectivity index (χ4n) is 9.56.